The van der Waals surface area contributed by atoms with Gasteiger partial charge in [0.25, 0.3) is 0 Å². The van der Waals surface area contributed by atoms with E-state index in [1.165, 1.54) is 29.0 Å². The number of nitrogens with zero attached hydrogens (tertiary/aromatic N) is 3. The van der Waals surface area contributed by atoms with Crippen molar-refractivity contribution in [3.05, 3.63) is 76.6 Å². The second kappa shape index (κ2) is 10.9. The molecular formula is C26H28F3N5OS. The summed E-state index contributed by atoms with van der Waals surface area (Å²) in [6, 6.07) is 10.9. The molecule has 190 valence electrons. The number of nitrogens with two attached hydrogens (primary N) is 1. The van der Waals surface area contributed by atoms with Crippen molar-refractivity contribution >= 4 is 28.8 Å². The van der Waals surface area contributed by atoms with Crippen molar-refractivity contribution < 1.29 is 18.3 Å². The van der Waals surface area contributed by atoms with E-state index in [1.807, 2.05) is 18.4 Å². The molecule has 1 aromatic heterocycles. The monoisotopic (exact) mass is 515 g/mol. The van der Waals surface area contributed by atoms with Gasteiger partial charge in [0.05, 0.1) is 10.4 Å². The number of nitrogens with one attached hydrogen (secondary N) is 1. The van der Waals surface area contributed by atoms with Crippen LogP contribution in [0.15, 0.2) is 53.7 Å². The number of aliphatic hydroxyl groups is 1. The van der Waals surface area contributed by atoms with E-state index in [-0.39, 0.29) is 6.04 Å². The molecule has 2 atom stereocenters. The molecule has 3 aromatic rings. The van der Waals surface area contributed by atoms with Crippen LogP contribution in [0.5, 0.6) is 0 Å². The van der Waals surface area contributed by atoms with E-state index in [0.29, 0.717) is 23.8 Å². The zero-order valence-electron chi connectivity index (χ0n) is 20.0. The summed E-state index contributed by atoms with van der Waals surface area (Å²) < 4.78 is 38.4. The van der Waals surface area contributed by atoms with Crippen molar-refractivity contribution in [2.24, 2.45) is 10.7 Å². The van der Waals surface area contributed by atoms with E-state index in [9.17, 15) is 18.3 Å². The minimum atomic E-state index is -4.36. The third-order valence-corrected chi connectivity index (χ3v) is 6.92. The number of fused-ring (bicyclic) bond motifs is 1. The first-order chi connectivity index (χ1) is 17.1. The van der Waals surface area contributed by atoms with Crippen LogP contribution >= 0.6 is 11.3 Å². The number of hydrogen-bond acceptors (Lipinski definition) is 7. The summed E-state index contributed by atoms with van der Waals surface area (Å²) in [6.07, 6.45) is 1.50. The zero-order chi connectivity index (χ0) is 25.9. The number of halogens is 3. The van der Waals surface area contributed by atoms with E-state index in [4.69, 9.17) is 5.73 Å². The van der Waals surface area contributed by atoms with Crippen LogP contribution in [0.3, 0.4) is 0 Å². The molecule has 0 bridgehead atoms. The fraction of sp³-hybridized carbons (Fsp3) is 0.308. The zero-order valence-corrected chi connectivity index (χ0v) is 20.8. The Morgan fingerprint density at radius 3 is 2.61 bits per heavy atom. The lowest BCUT2D eigenvalue weighted by Gasteiger charge is -2.18. The van der Waals surface area contributed by atoms with Gasteiger partial charge in [-0.3, -0.25) is 9.89 Å². The lowest BCUT2D eigenvalue weighted by Crippen LogP contribution is -2.31. The molecule has 36 heavy (non-hydrogen) atoms. The first-order valence-corrected chi connectivity index (χ1v) is 12.3. The Morgan fingerprint density at radius 2 is 1.92 bits per heavy atom. The van der Waals surface area contributed by atoms with E-state index in [2.05, 4.69) is 27.4 Å². The van der Waals surface area contributed by atoms with Crippen molar-refractivity contribution in [3.8, 4) is 10.4 Å². The van der Waals surface area contributed by atoms with E-state index < -0.39 is 18.0 Å². The quantitative estimate of drug-likeness (QED) is 0.369. The lowest BCUT2D eigenvalue weighted by molar-refractivity contribution is -0.137. The molecule has 0 aliphatic carbocycles. The SMILES string of the molecule is CN(C)C(O)c1nc(NC[C@@H](N)Cc2ccc(C(F)(F)F)cc2)sc1-c1ccc2c(c1)C=CN=CC2. The molecule has 0 spiro atoms. The summed E-state index contributed by atoms with van der Waals surface area (Å²) in [6.45, 7) is 0.371. The van der Waals surface area contributed by atoms with Gasteiger partial charge in [-0.25, -0.2) is 4.98 Å². The van der Waals surface area contributed by atoms with Crippen LogP contribution in [-0.4, -0.2) is 47.9 Å². The maximum atomic E-state index is 12.8. The van der Waals surface area contributed by atoms with Crippen molar-refractivity contribution in [2.75, 3.05) is 26.0 Å². The highest BCUT2D eigenvalue weighted by molar-refractivity contribution is 7.19. The normalized spacial score (nSPS) is 15.0. The third-order valence-electron chi connectivity index (χ3n) is 5.85. The Labute approximate surface area is 212 Å². The standard InChI is InChI=1S/C26H28F3N5OS/c1-34(2)24(35)22-23(19-6-5-17-9-11-31-12-10-18(17)14-19)36-25(33-22)32-15-21(30)13-16-3-7-20(8-4-16)26(27,28)29/h3-8,10-12,14,21,24,35H,9,13,15,30H2,1-2H3,(H,32,33)/t21-,24?/m0/s1. The Morgan fingerprint density at radius 1 is 1.17 bits per heavy atom. The van der Waals surface area contributed by atoms with Crippen LogP contribution in [-0.2, 0) is 19.0 Å². The molecule has 10 heteroatoms. The van der Waals surface area contributed by atoms with Crippen LogP contribution in [0.25, 0.3) is 16.5 Å². The van der Waals surface area contributed by atoms with Crippen molar-refractivity contribution in [2.45, 2.75) is 31.3 Å². The summed E-state index contributed by atoms with van der Waals surface area (Å²) >= 11 is 1.42. The van der Waals surface area contributed by atoms with Crippen LogP contribution in [0.1, 0.15) is 34.2 Å². The summed E-state index contributed by atoms with van der Waals surface area (Å²) in [5.74, 6) is 0. The molecule has 0 saturated heterocycles. The maximum Gasteiger partial charge on any atom is 0.416 e. The van der Waals surface area contributed by atoms with Crippen LogP contribution in [0, 0.1) is 0 Å². The van der Waals surface area contributed by atoms with Gasteiger partial charge in [0, 0.05) is 31.4 Å². The number of benzene rings is 2. The Bertz CT molecular complexity index is 1250. The number of aromatic nitrogens is 1. The molecule has 0 radical (unpaired) electrons. The first kappa shape index (κ1) is 26.0. The number of aliphatic hydroxyl groups excluding tert-OH is 1. The number of aliphatic imine (C=N–C) groups is 1. The second-order valence-electron chi connectivity index (χ2n) is 8.88. The topological polar surface area (TPSA) is 86.8 Å². The summed E-state index contributed by atoms with van der Waals surface area (Å²) in [5.41, 5.74) is 10.0. The molecule has 4 rings (SSSR count). The van der Waals surface area contributed by atoms with Crippen molar-refractivity contribution in [3.63, 3.8) is 0 Å². The second-order valence-corrected chi connectivity index (χ2v) is 9.87. The maximum absolute atomic E-state index is 12.8. The van der Waals surface area contributed by atoms with Gasteiger partial charge >= 0.3 is 6.18 Å². The third kappa shape index (κ3) is 6.19. The Balaban J connectivity index is 1.50. The molecule has 0 amide bonds. The fourth-order valence-electron chi connectivity index (χ4n) is 3.87. The van der Waals surface area contributed by atoms with Crippen LogP contribution in [0.4, 0.5) is 18.3 Å². The number of rotatable bonds is 8. The van der Waals surface area contributed by atoms with Crippen molar-refractivity contribution in [1.29, 1.82) is 0 Å². The van der Waals surface area contributed by atoms with Gasteiger partial charge < -0.3 is 16.2 Å². The number of alkyl halides is 3. The number of hydrogen-bond donors (Lipinski definition) is 3. The molecule has 0 fully saturated rings. The van der Waals surface area contributed by atoms with Crippen LogP contribution in [0.2, 0.25) is 0 Å². The summed E-state index contributed by atoms with van der Waals surface area (Å²) in [7, 11) is 3.55. The van der Waals surface area contributed by atoms with E-state index >= 15 is 0 Å². The molecule has 4 N–H and O–H groups in total. The molecule has 6 nitrogen and oxygen atoms in total. The molecule has 0 saturated carbocycles. The lowest BCUT2D eigenvalue weighted by atomic mass is 10.0. The molecule has 2 aromatic carbocycles. The summed E-state index contributed by atoms with van der Waals surface area (Å²) in [5, 5.41) is 14.6. The number of anilines is 1. The molecular weight excluding hydrogens is 487 g/mol. The molecule has 1 aliphatic rings. The number of thiazole rings is 1. The predicted molar refractivity (Wildman–Crippen MR) is 139 cm³/mol. The predicted octanol–water partition coefficient (Wildman–Crippen LogP) is 4.96. The highest BCUT2D eigenvalue weighted by atomic mass is 32.1. The molecule has 1 aliphatic heterocycles. The minimum Gasteiger partial charge on any atom is -0.372 e. The highest BCUT2D eigenvalue weighted by Crippen LogP contribution is 2.38. The Hall–Kier alpha value is -3.05. The smallest absolute Gasteiger partial charge is 0.372 e. The van der Waals surface area contributed by atoms with E-state index in [0.717, 1.165) is 40.1 Å². The molecule has 2 heterocycles. The van der Waals surface area contributed by atoms with Gasteiger partial charge in [0.15, 0.2) is 11.4 Å². The fourth-order valence-corrected chi connectivity index (χ4v) is 4.86. The highest BCUT2D eigenvalue weighted by Gasteiger charge is 2.30. The van der Waals surface area contributed by atoms with Gasteiger partial charge in [-0.15, -0.1) is 0 Å². The van der Waals surface area contributed by atoms with E-state index in [1.54, 1.807) is 25.2 Å². The minimum absolute atomic E-state index is 0.339. The molecule has 1 unspecified atom stereocenters. The average molecular weight is 516 g/mol. The average Bonchev–Trinajstić information content (AvgIpc) is 3.12. The largest absolute Gasteiger partial charge is 0.416 e. The van der Waals surface area contributed by atoms with Crippen molar-refractivity contribution in [1.82, 2.24) is 9.88 Å². The van der Waals surface area contributed by atoms with Gasteiger partial charge in [-0.05, 0) is 67.0 Å². The van der Waals surface area contributed by atoms with Gasteiger partial charge in [0.1, 0.15) is 5.69 Å². The van der Waals surface area contributed by atoms with Gasteiger partial charge in [-0.1, -0.05) is 35.6 Å². The van der Waals surface area contributed by atoms with Gasteiger partial charge in [-0.2, -0.15) is 13.2 Å². The van der Waals surface area contributed by atoms with Gasteiger partial charge in [0.2, 0.25) is 0 Å². The Kier molecular flexibility index (Phi) is 7.89. The van der Waals surface area contributed by atoms with Crippen LogP contribution < -0.4 is 11.1 Å². The summed E-state index contributed by atoms with van der Waals surface area (Å²) in [4.78, 5) is 11.4. The first-order valence-electron chi connectivity index (χ1n) is 11.4.